The van der Waals surface area contributed by atoms with E-state index >= 15 is 0 Å². The maximum atomic E-state index is 5.00. The van der Waals surface area contributed by atoms with E-state index in [0.717, 1.165) is 0 Å². The molecule has 5 nitrogen and oxygen atoms in total. The fraction of sp³-hybridized carbons (Fsp3) is 0.917. The largest absolute Gasteiger partial charge is 0.468 e. The summed E-state index contributed by atoms with van der Waals surface area (Å²) >= 11 is 8.85. The van der Waals surface area contributed by atoms with Crippen molar-refractivity contribution in [3.8, 4) is 0 Å². The molecule has 0 fully saturated rings. The van der Waals surface area contributed by atoms with E-state index in [4.69, 9.17) is 20.9 Å². The third-order valence-electron chi connectivity index (χ3n) is 4.65. The van der Waals surface area contributed by atoms with Crippen LogP contribution in [0.3, 0.4) is 0 Å². The van der Waals surface area contributed by atoms with Crippen molar-refractivity contribution in [1.29, 1.82) is 0 Å². The Bertz CT molecular complexity index is 362. The number of quaternary nitrogens is 1. The lowest BCUT2D eigenvalue weighted by Gasteiger charge is -2.39. The van der Waals surface area contributed by atoms with Crippen molar-refractivity contribution in [3.05, 3.63) is 0 Å². The Morgan fingerprint density at radius 3 is 0.935 bits per heavy atom. The Hall–Kier alpha value is -0.660. The minimum absolute atomic E-state index is 0.109. The molecule has 0 saturated carbocycles. The van der Waals surface area contributed by atoms with E-state index in [2.05, 4.69) is 52.1 Å². The van der Waals surface area contributed by atoms with Gasteiger partial charge in [0.05, 0.1) is 38.4 Å². The zero-order valence-corrected chi connectivity index (χ0v) is 23.5. The summed E-state index contributed by atoms with van der Waals surface area (Å²) in [6.07, 6.45) is 11.3. The molecule has 0 spiro atoms. The number of rotatable bonds is 14. The van der Waals surface area contributed by atoms with Gasteiger partial charge in [-0.15, -0.1) is 0 Å². The van der Waals surface area contributed by atoms with Crippen molar-refractivity contribution >= 4 is 34.8 Å². The van der Waals surface area contributed by atoms with Crippen molar-refractivity contribution in [2.45, 2.75) is 119 Å². The molecule has 4 N–H and O–H groups in total. The van der Waals surface area contributed by atoms with Gasteiger partial charge in [-0.05, 0) is 77.8 Å². The van der Waals surface area contributed by atoms with Crippen LogP contribution in [0, 0.1) is 0 Å². The summed E-state index contributed by atoms with van der Waals surface area (Å²) < 4.78 is 10.9. The molecule has 0 saturated heterocycles. The van der Waals surface area contributed by atoms with E-state index in [1.165, 1.54) is 82.0 Å². The number of nitrogens with zero attached hydrogens (tertiary/aromatic N) is 1. The summed E-state index contributed by atoms with van der Waals surface area (Å²) in [6.45, 7) is 22.5. The van der Waals surface area contributed by atoms with Crippen molar-refractivity contribution in [3.63, 3.8) is 0 Å². The standard InChI is InChI=1S/C16H36N.2C4H9NOS/c1-5-9-13-17(14-10-6-2,15-11-7-3)16-12-8-4;2*1-3(2)6-4(5)7/h5-16H2,1-4H3;2*3H,1-2H3,(H2,5,7)/q+1;;. The number of hydrogen-bond acceptors (Lipinski definition) is 4. The van der Waals surface area contributed by atoms with E-state index in [-0.39, 0.29) is 22.6 Å². The Morgan fingerprint density at radius 2 is 0.839 bits per heavy atom. The Balaban J connectivity index is -0.000000460. The average molecular weight is 481 g/mol. The van der Waals surface area contributed by atoms with Gasteiger partial charge in [0.1, 0.15) is 0 Å². The van der Waals surface area contributed by atoms with Gasteiger partial charge in [-0.2, -0.15) is 0 Å². The lowest BCUT2D eigenvalue weighted by Crippen LogP contribution is -2.50. The van der Waals surface area contributed by atoms with E-state index in [9.17, 15) is 0 Å². The lowest BCUT2D eigenvalue weighted by atomic mass is 10.1. The maximum Gasteiger partial charge on any atom is 0.254 e. The van der Waals surface area contributed by atoms with Crippen molar-refractivity contribution in [2.75, 3.05) is 26.2 Å². The van der Waals surface area contributed by atoms with Crippen LogP contribution in [0.15, 0.2) is 0 Å². The van der Waals surface area contributed by atoms with Gasteiger partial charge < -0.3 is 25.4 Å². The Kier molecular flexibility index (Phi) is 27.0. The van der Waals surface area contributed by atoms with Crippen LogP contribution in [0.25, 0.3) is 0 Å². The Morgan fingerprint density at radius 1 is 0.613 bits per heavy atom. The molecular weight excluding hydrogens is 426 g/mol. The highest BCUT2D eigenvalue weighted by Crippen LogP contribution is 2.16. The van der Waals surface area contributed by atoms with Crippen molar-refractivity contribution < 1.29 is 14.0 Å². The van der Waals surface area contributed by atoms with Crippen LogP contribution in [0.5, 0.6) is 0 Å². The molecule has 0 aromatic rings. The van der Waals surface area contributed by atoms with Crippen LogP contribution in [0.4, 0.5) is 0 Å². The van der Waals surface area contributed by atoms with Crippen LogP contribution in [0.2, 0.25) is 0 Å². The maximum absolute atomic E-state index is 5.00. The fourth-order valence-electron chi connectivity index (χ4n) is 3.11. The zero-order valence-electron chi connectivity index (χ0n) is 21.9. The summed E-state index contributed by atoms with van der Waals surface area (Å²) in [5.74, 6) is 0. The predicted molar refractivity (Wildman–Crippen MR) is 145 cm³/mol. The second-order valence-electron chi connectivity index (χ2n) is 8.62. The average Bonchev–Trinajstić information content (AvgIpc) is 2.65. The van der Waals surface area contributed by atoms with Crippen molar-refractivity contribution in [1.82, 2.24) is 0 Å². The van der Waals surface area contributed by atoms with Crippen LogP contribution in [-0.4, -0.2) is 53.2 Å². The quantitative estimate of drug-likeness (QED) is 0.224. The van der Waals surface area contributed by atoms with Gasteiger partial charge in [-0.25, -0.2) is 0 Å². The van der Waals surface area contributed by atoms with Gasteiger partial charge in [-0.3, -0.25) is 0 Å². The molecule has 0 aliphatic rings. The topological polar surface area (TPSA) is 70.5 Å². The number of hydrogen-bond donors (Lipinski definition) is 2. The molecule has 0 bridgehead atoms. The van der Waals surface area contributed by atoms with Gasteiger partial charge >= 0.3 is 0 Å². The highest BCUT2D eigenvalue weighted by Gasteiger charge is 2.24. The monoisotopic (exact) mass is 480 g/mol. The molecule has 0 aromatic carbocycles. The third-order valence-corrected chi connectivity index (χ3v) is 4.84. The Labute approximate surface area is 205 Å². The zero-order chi connectivity index (χ0) is 24.7. The van der Waals surface area contributed by atoms with Gasteiger partial charge in [0.25, 0.3) is 10.3 Å². The number of ether oxygens (including phenoxy) is 2. The summed E-state index contributed by atoms with van der Waals surface area (Å²) in [6, 6.07) is 0. The fourth-order valence-corrected chi connectivity index (χ4v) is 3.49. The second-order valence-corrected chi connectivity index (χ2v) is 9.43. The molecule has 0 aliphatic carbocycles. The first-order valence-electron chi connectivity index (χ1n) is 12.3. The van der Waals surface area contributed by atoms with Crippen LogP contribution in [-0.2, 0) is 9.47 Å². The minimum Gasteiger partial charge on any atom is -0.468 e. The highest BCUT2D eigenvalue weighted by atomic mass is 32.1. The molecule has 0 heterocycles. The minimum atomic E-state index is 0.109. The molecule has 188 valence electrons. The van der Waals surface area contributed by atoms with Gasteiger partial charge in [0.15, 0.2) is 0 Å². The lowest BCUT2D eigenvalue weighted by molar-refractivity contribution is -0.929. The molecule has 31 heavy (non-hydrogen) atoms. The first-order valence-corrected chi connectivity index (χ1v) is 13.1. The van der Waals surface area contributed by atoms with Gasteiger partial charge in [0.2, 0.25) is 0 Å². The first-order chi connectivity index (χ1) is 14.5. The molecule has 0 aromatic heterocycles. The first kappa shape index (κ1) is 34.9. The summed E-state index contributed by atoms with van der Waals surface area (Å²) in [4.78, 5) is 0. The SMILES string of the molecule is CC(C)OC(N)=S.CC(C)OC(N)=S.CCCC[N+](CCCC)(CCCC)CCCC. The van der Waals surface area contributed by atoms with Crippen molar-refractivity contribution in [2.24, 2.45) is 11.5 Å². The summed E-state index contributed by atoms with van der Waals surface area (Å²) in [5, 5.41) is 0.241. The predicted octanol–water partition coefficient (Wildman–Crippen LogP) is 6.31. The normalized spacial score (nSPS) is 10.6. The molecule has 0 aliphatic heterocycles. The number of nitrogens with two attached hydrogens (primary N) is 2. The molecule has 0 rings (SSSR count). The molecular formula is C24H54N3O2S2+. The highest BCUT2D eigenvalue weighted by molar-refractivity contribution is 7.80. The van der Waals surface area contributed by atoms with E-state index < -0.39 is 0 Å². The molecule has 7 heteroatoms. The molecule has 0 radical (unpaired) electrons. The summed E-state index contributed by atoms with van der Waals surface area (Å²) in [5.41, 5.74) is 10.0. The molecule has 0 atom stereocenters. The van der Waals surface area contributed by atoms with E-state index in [1.807, 2.05) is 27.7 Å². The number of thiocarbonyl (C=S) groups is 2. The van der Waals surface area contributed by atoms with Gasteiger partial charge in [0, 0.05) is 0 Å². The third kappa shape index (κ3) is 29.3. The molecule has 0 amide bonds. The smallest absolute Gasteiger partial charge is 0.254 e. The van der Waals surface area contributed by atoms with Crippen LogP contribution in [0.1, 0.15) is 107 Å². The molecule has 0 unspecified atom stereocenters. The second kappa shape index (κ2) is 24.0. The van der Waals surface area contributed by atoms with Crippen LogP contribution >= 0.6 is 24.4 Å². The summed E-state index contributed by atoms with van der Waals surface area (Å²) in [7, 11) is 0. The van der Waals surface area contributed by atoms with Gasteiger partial charge in [-0.1, -0.05) is 53.4 Å². The number of unbranched alkanes of at least 4 members (excludes halogenated alkanes) is 4. The van der Waals surface area contributed by atoms with E-state index in [0.29, 0.717) is 0 Å². The van der Waals surface area contributed by atoms with Crippen LogP contribution < -0.4 is 11.5 Å². The van der Waals surface area contributed by atoms with E-state index in [1.54, 1.807) is 0 Å².